The van der Waals surface area contributed by atoms with Crippen LogP contribution in [0.2, 0.25) is 0 Å². The molecule has 1 aliphatic rings. The minimum absolute atomic E-state index is 0.0232. The Morgan fingerprint density at radius 2 is 1.59 bits per heavy atom. The molecule has 182 valence electrons. The predicted octanol–water partition coefficient (Wildman–Crippen LogP) is 4.70. The van der Waals surface area contributed by atoms with Crippen LogP contribution < -0.4 is 10.6 Å². The molecular weight excluding hydrogens is 432 g/mol. The van der Waals surface area contributed by atoms with Gasteiger partial charge in [0, 0.05) is 18.9 Å². The van der Waals surface area contributed by atoms with Crippen molar-refractivity contribution in [3.63, 3.8) is 0 Å². The standard InChI is InChI=1S/C27H34N2O5/c1-4-18(13-14-24(30)29-27(2,3)25(31)32)15-16-28-26(33)34-17-23-21-11-7-5-9-19(21)20-10-6-8-12-22(20)23/h5-12,18,23H,4,13-17H2,1-3H3,(H,28,33)(H,29,30)(H,31,32). The van der Waals surface area contributed by atoms with E-state index >= 15 is 0 Å². The Hall–Kier alpha value is -3.35. The van der Waals surface area contributed by atoms with E-state index < -0.39 is 17.6 Å². The molecule has 0 spiro atoms. The van der Waals surface area contributed by atoms with Gasteiger partial charge in [0.2, 0.25) is 5.91 Å². The minimum atomic E-state index is -1.29. The number of carbonyl (C=O) groups excluding carboxylic acids is 2. The highest BCUT2D eigenvalue weighted by Gasteiger charge is 2.30. The van der Waals surface area contributed by atoms with Crippen molar-refractivity contribution in [2.45, 2.75) is 57.9 Å². The summed E-state index contributed by atoms with van der Waals surface area (Å²) in [6.45, 7) is 5.69. The summed E-state index contributed by atoms with van der Waals surface area (Å²) in [7, 11) is 0. The molecule has 7 nitrogen and oxygen atoms in total. The number of carbonyl (C=O) groups is 3. The lowest BCUT2D eigenvalue weighted by atomic mass is 9.96. The summed E-state index contributed by atoms with van der Waals surface area (Å²) in [5, 5.41) is 14.5. The number of alkyl carbamates (subject to hydrolysis) is 1. The van der Waals surface area contributed by atoms with Crippen LogP contribution in [-0.4, -0.2) is 41.8 Å². The molecule has 0 fully saturated rings. The highest BCUT2D eigenvalue weighted by molar-refractivity contribution is 5.86. The fourth-order valence-corrected chi connectivity index (χ4v) is 4.38. The van der Waals surface area contributed by atoms with Crippen molar-refractivity contribution in [1.29, 1.82) is 0 Å². The molecule has 0 bridgehead atoms. The average Bonchev–Trinajstić information content (AvgIpc) is 3.13. The van der Waals surface area contributed by atoms with Gasteiger partial charge in [-0.2, -0.15) is 0 Å². The van der Waals surface area contributed by atoms with Gasteiger partial charge in [-0.15, -0.1) is 0 Å². The lowest BCUT2D eigenvalue weighted by molar-refractivity contribution is -0.146. The number of rotatable bonds is 11. The number of ether oxygens (including phenoxy) is 1. The molecule has 3 rings (SSSR count). The van der Waals surface area contributed by atoms with Crippen LogP contribution in [0.5, 0.6) is 0 Å². The zero-order valence-corrected chi connectivity index (χ0v) is 20.1. The number of amides is 2. The second kappa shape index (κ2) is 11.2. The SMILES string of the molecule is CCC(CCNC(=O)OCC1c2ccccc2-c2ccccc21)CCC(=O)NC(C)(C)C(=O)O. The fraction of sp³-hybridized carbons (Fsp3) is 0.444. The molecule has 0 aliphatic heterocycles. The van der Waals surface area contributed by atoms with E-state index in [0.717, 1.165) is 12.8 Å². The number of hydrogen-bond donors (Lipinski definition) is 3. The summed E-state index contributed by atoms with van der Waals surface area (Å²) < 4.78 is 5.56. The predicted molar refractivity (Wildman–Crippen MR) is 131 cm³/mol. The third kappa shape index (κ3) is 6.16. The number of carboxylic acid groups (broad SMARTS) is 1. The largest absolute Gasteiger partial charge is 0.480 e. The first kappa shape index (κ1) is 25.3. The van der Waals surface area contributed by atoms with Crippen LogP contribution in [0, 0.1) is 5.92 Å². The Kier molecular flexibility index (Phi) is 8.31. The van der Waals surface area contributed by atoms with Gasteiger partial charge in [-0.25, -0.2) is 9.59 Å². The minimum Gasteiger partial charge on any atom is -0.480 e. The summed E-state index contributed by atoms with van der Waals surface area (Å²) in [4.78, 5) is 35.6. The smallest absolute Gasteiger partial charge is 0.407 e. The monoisotopic (exact) mass is 466 g/mol. The van der Waals surface area contributed by atoms with Gasteiger partial charge < -0.3 is 20.5 Å². The van der Waals surface area contributed by atoms with E-state index in [2.05, 4.69) is 34.9 Å². The zero-order valence-electron chi connectivity index (χ0n) is 20.1. The molecule has 7 heteroatoms. The van der Waals surface area contributed by atoms with E-state index in [-0.39, 0.29) is 30.8 Å². The van der Waals surface area contributed by atoms with Gasteiger partial charge in [0.1, 0.15) is 12.1 Å². The normalized spacial score (nSPS) is 13.5. The van der Waals surface area contributed by atoms with E-state index in [4.69, 9.17) is 9.84 Å². The van der Waals surface area contributed by atoms with Crippen molar-refractivity contribution in [2.24, 2.45) is 5.92 Å². The van der Waals surface area contributed by atoms with E-state index in [0.29, 0.717) is 13.0 Å². The Morgan fingerprint density at radius 1 is 1.00 bits per heavy atom. The van der Waals surface area contributed by atoms with E-state index in [1.807, 2.05) is 31.2 Å². The number of aliphatic carboxylic acids is 1. The molecule has 0 heterocycles. The molecule has 0 aromatic heterocycles. The molecule has 1 aliphatic carbocycles. The lowest BCUT2D eigenvalue weighted by Gasteiger charge is -2.22. The quantitative estimate of drug-likeness (QED) is 0.445. The topological polar surface area (TPSA) is 105 Å². The number of carboxylic acids is 1. The lowest BCUT2D eigenvalue weighted by Crippen LogP contribution is -2.49. The Bertz CT molecular complexity index is 988. The highest BCUT2D eigenvalue weighted by Crippen LogP contribution is 2.44. The summed E-state index contributed by atoms with van der Waals surface area (Å²) in [6, 6.07) is 16.4. The molecule has 2 aromatic carbocycles. The van der Waals surface area contributed by atoms with Crippen molar-refractivity contribution in [3.05, 3.63) is 59.7 Å². The van der Waals surface area contributed by atoms with E-state index in [1.165, 1.54) is 36.1 Å². The van der Waals surface area contributed by atoms with Gasteiger partial charge >= 0.3 is 12.1 Å². The van der Waals surface area contributed by atoms with Crippen molar-refractivity contribution in [2.75, 3.05) is 13.2 Å². The molecule has 2 aromatic rings. The van der Waals surface area contributed by atoms with Crippen LogP contribution in [-0.2, 0) is 14.3 Å². The third-order valence-corrected chi connectivity index (χ3v) is 6.51. The van der Waals surface area contributed by atoms with Gasteiger partial charge in [0.15, 0.2) is 0 Å². The van der Waals surface area contributed by atoms with E-state index in [1.54, 1.807) is 0 Å². The Balaban J connectivity index is 1.42. The second-order valence-corrected chi connectivity index (χ2v) is 9.33. The summed E-state index contributed by atoms with van der Waals surface area (Å²) in [6.07, 6.45) is 2.01. The molecule has 34 heavy (non-hydrogen) atoms. The van der Waals surface area contributed by atoms with Crippen LogP contribution in [0.15, 0.2) is 48.5 Å². The average molecular weight is 467 g/mol. The molecule has 2 amide bonds. The number of fused-ring (bicyclic) bond motifs is 3. The number of benzene rings is 2. The summed E-state index contributed by atoms with van der Waals surface area (Å²) >= 11 is 0. The van der Waals surface area contributed by atoms with Gasteiger partial charge in [-0.05, 0) is 54.9 Å². The highest BCUT2D eigenvalue weighted by atomic mass is 16.5. The van der Waals surface area contributed by atoms with Gasteiger partial charge in [0.05, 0.1) is 0 Å². The van der Waals surface area contributed by atoms with Crippen LogP contribution in [0.3, 0.4) is 0 Å². The summed E-state index contributed by atoms with van der Waals surface area (Å²) in [5.41, 5.74) is 3.44. The Morgan fingerprint density at radius 3 is 2.15 bits per heavy atom. The van der Waals surface area contributed by atoms with Crippen molar-refractivity contribution in [3.8, 4) is 11.1 Å². The van der Waals surface area contributed by atoms with Crippen molar-refractivity contribution >= 4 is 18.0 Å². The van der Waals surface area contributed by atoms with Gasteiger partial charge in [-0.3, -0.25) is 4.79 Å². The molecule has 0 radical (unpaired) electrons. The first-order valence-electron chi connectivity index (χ1n) is 11.9. The number of hydrogen-bond acceptors (Lipinski definition) is 4. The molecular formula is C27H34N2O5. The van der Waals surface area contributed by atoms with Gasteiger partial charge in [-0.1, -0.05) is 61.9 Å². The first-order valence-corrected chi connectivity index (χ1v) is 11.9. The maximum Gasteiger partial charge on any atom is 0.407 e. The molecule has 0 saturated carbocycles. The van der Waals surface area contributed by atoms with Crippen molar-refractivity contribution < 1.29 is 24.2 Å². The zero-order chi connectivity index (χ0) is 24.7. The Labute approximate surface area is 200 Å². The molecule has 1 atom stereocenters. The van der Waals surface area contributed by atoms with Crippen LogP contribution in [0.25, 0.3) is 11.1 Å². The van der Waals surface area contributed by atoms with E-state index in [9.17, 15) is 14.4 Å². The fourth-order valence-electron chi connectivity index (χ4n) is 4.38. The molecule has 0 saturated heterocycles. The second-order valence-electron chi connectivity index (χ2n) is 9.33. The molecule has 1 unspecified atom stereocenters. The number of nitrogens with one attached hydrogen (secondary N) is 2. The first-order chi connectivity index (χ1) is 16.2. The maximum atomic E-state index is 12.3. The van der Waals surface area contributed by atoms with Gasteiger partial charge in [0.25, 0.3) is 0 Å². The van der Waals surface area contributed by atoms with Crippen molar-refractivity contribution in [1.82, 2.24) is 10.6 Å². The third-order valence-electron chi connectivity index (χ3n) is 6.51. The maximum absolute atomic E-state index is 12.3. The summed E-state index contributed by atoms with van der Waals surface area (Å²) in [5.74, 6) is -1.08. The molecule has 3 N–H and O–H groups in total. The van der Waals surface area contributed by atoms with Crippen LogP contribution in [0.1, 0.15) is 63.5 Å². The van der Waals surface area contributed by atoms with Crippen LogP contribution in [0.4, 0.5) is 4.79 Å². The van der Waals surface area contributed by atoms with Crippen LogP contribution >= 0.6 is 0 Å².